The van der Waals surface area contributed by atoms with Gasteiger partial charge in [0.05, 0.1) is 11.2 Å². The van der Waals surface area contributed by atoms with Crippen LogP contribution in [0.2, 0.25) is 0 Å². The molecule has 0 fully saturated rings. The zero-order valence-electron chi connectivity index (χ0n) is 21.8. The number of aryl methyl sites for hydroxylation is 3. The van der Waals surface area contributed by atoms with Gasteiger partial charge in [0.25, 0.3) is 5.91 Å². The molecule has 0 radical (unpaired) electrons. The van der Waals surface area contributed by atoms with E-state index in [1.54, 1.807) is 18.2 Å². The third kappa shape index (κ3) is 6.37. The molecule has 1 aliphatic carbocycles. The molecular weight excluding hydrogens is 568 g/mol. The Hall–Kier alpha value is -3.94. The van der Waals surface area contributed by atoms with Crippen LogP contribution in [0.3, 0.4) is 0 Å². The van der Waals surface area contributed by atoms with Gasteiger partial charge < -0.3 is 15.4 Å². The van der Waals surface area contributed by atoms with Gasteiger partial charge >= 0.3 is 6.18 Å². The fourth-order valence-corrected chi connectivity index (χ4v) is 5.91. The number of hydrogen-bond acceptors (Lipinski definition) is 6. The monoisotopic (exact) mass is 594 g/mol. The summed E-state index contributed by atoms with van der Waals surface area (Å²) in [6, 6.07) is 10.4. The van der Waals surface area contributed by atoms with Crippen LogP contribution in [0, 0.1) is 5.82 Å². The Kier molecular flexibility index (Phi) is 7.30. The van der Waals surface area contributed by atoms with Crippen molar-refractivity contribution >= 4 is 27.5 Å². The van der Waals surface area contributed by atoms with Crippen molar-refractivity contribution in [3.05, 3.63) is 76.2 Å². The van der Waals surface area contributed by atoms with Gasteiger partial charge in [0.2, 0.25) is 5.91 Å². The summed E-state index contributed by atoms with van der Waals surface area (Å²) >= 11 is 0. The highest BCUT2D eigenvalue weighted by atomic mass is 32.2. The van der Waals surface area contributed by atoms with Crippen molar-refractivity contribution in [1.82, 2.24) is 15.1 Å². The van der Waals surface area contributed by atoms with Crippen molar-refractivity contribution in [2.24, 2.45) is 0 Å². The van der Waals surface area contributed by atoms with Crippen LogP contribution in [0.15, 0.2) is 42.5 Å². The maximum atomic E-state index is 13.5. The number of nitrogens with zero attached hydrogens (tertiary/aromatic N) is 2. The fraction of sp³-hybridized carbons (Fsp3) is 0.370. The molecule has 1 aliphatic heterocycles. The number of alkyl halides is 3. The van der Waals surface area contributed by atoms with Crippen molar-refractivity contribution in [3.63, 3.8) is 0 Å². The average molecular weight is 595 g/mol. The second kappa shape index (κ2) is 10.5. The van der Waals surface area contributed by atoms with E-state index >= 15 is 0 Å². The summed E-state index contributed by atoms with van der Waals surface area (Å²) in [6.45, 7) is -1.22. The first-order chi connectivity index (χ1) is 19.2. The molecule has 2 amide bonds. The molecule has 2 N–H and O–H groups in total. The third-order valence-corrected chi connectivity index (χ3v) is 7.85. The summed E-state index contributed by atoms with van der Waals surface area (Å²) in [6.07, 6.45) is -1.99. The van der Waals surface area contributed by atoms with Crippen molar-refractivity contribution in [1.29, 1.82) is 0 Å². The van der Waals surface area contributed by atoms with Crippen LogP contribution in [-0.4, -0.2) is 54.8 Å². The smallest absolute Gasteiger partial charge is 0.422 e. The van der Waals surface area contributed by atoms with E-state index in [0.717, 1.165) is 22.9 Å². The van der Waals surface area contributed by atoms with E-state index in [4.69, 9.17) is 4.74 Å². The zero-order valence-corrected chi connectivity index (χ0v) is 22.7. The molecule has 0 bridgehead atoms. The lowest BCUT2D eigenvalue weighted by molar-refractivity contribution is -0.153. The summed E-state index contributed by atoms with van der Waals surface area (Å²) in [5.74, 6) is -2.42. The number of benzene rings is 2. The van der Waals surface area contributed by atoms with E-state index in [1.807, 2.05) is 0 Å². The molecule has 1 atom stereocenters. The molecule has 14 heteroatoms. The van der Waals surface area contributed by atoms with Crippen molar-refractivity contribution in [3.8, 4) is 5.75 Å². The number of ether oxygens (including phenoxy) is 1. The molecule has 1 spiro atoms. The molecule has 3 aromatic rings. The van der Waals surface area contributed by atoms with E-state index in [0.29, 0.717) is 25.0 Å². The number of carbonyl (C=O) groups is 2. The van der Waals surface area contributed by atoms with Crippen LogP contribution in [-0.2, 0) is 46.0 Å². The van der Waals surface area contributed by atoms with Crippen LogP contribution in [0.1, 0.15) is 39.2 Å². The number of aromatic nitrogens is 2. The predicted octanol–water partition coefficient (Wildman–Crippen LogP) is 3.32. The second-order valence-corrected chi connectivity index (χ2v) is 12.5. The second-order valence-electron chi connectivity index (χ2n) is 10.3. The highest BCUT2D eigenvalue weighted by Crippen LogP contribution is 2.44. The maximum Gasteiger partial charge on any atom is 0.422 e. The van der Waals surface area contributed by atoms with Crippen LogP contribution in [0.5, 0.6) is 5.75 Å². The first-order valence-corrected chi connectivity index (χ1v) is 14.7. The van der Waals surface area contributed by atoms with Gasteiger partial charge in [0.15, 0.2) is 16.4 Å². The number of carbonyl (C=O) groups excluding carboxylic acids is 2. The molecule has 5 rings (SSSR count). The Morgan fingerprint density at radius 2 is 1.93 bits per heavy atom. The lowest BCUT2D eigenvalue weighted by Crippen LogP contribution is -2.49. The lowest BCUT2D eigenvalue weighted by Gasteiger charge is -2.35. The van der Waals surface area contributed by atoms with E-state index in [1.165, 1.54) is 28.9 Å². The van der Waals surface area contributed by atoms with Crippen LogP contribution in [0.4, 0.5) is 23.4 Å². The summed E-state index contributed by atoms with van der Waals surface area (Å²) in [5, 5.41) is 10.2. The fourth-order valence-electron chi connectivity index (χ4n) is 5.36. The molecule has 0 saturated carbocycles. The highest BCUT2D eigenvalue weighted by molar-refractivity contribution is 7.91. The van der Waals surface area contributed by atoms with E-state index in [2.05, 4.69) is 15.7 Å². The molecule has 2 aliphatic rings. The Morgan fingerprint density at radius 1 is 1.20 bits per heavy atom. The molecule has 0 saturated heterocycles. The standard InChI is InChI=1S/C27H26F4N4O5S/c1-41(38,39)14-22(36)32-24-23-21(34-35(24)11-9-16-2-4-18(28)5-3-16)13-26(33-25(23)37)10-8-17-12-19(6-7-20(17)26)40-15-27(29,30)31/h2-7,12H,8-11,13-15H2,1H3,(H,32,36)(H,33,37)/t26-/m1/s1. The zero-order chi connectivity index (χ0) is 29.6. The highest BCUT2D eigenvalue weighted by Gasteiger charge is 2.46. The van der Waals surface area contributed by atoms with E-state index in [-0.39, 0.29) is 30.1 Å². The summed E-state index contributed by atoms with van der Waals surface area (Å²) in [5.41, 5.74) is 1.88. The molecule has 9 nitrogen and oxygen atoms in total. The number of rotatable bonds is 8. The molecule has 1 aromatic heterocycles. The van der Waals surface area contributed by atoms with Gasteiger partial charge in [0, 0.05) is 19.2 Å². The van der Waals surface area contributed by atoms with Gasteiger partial charge in [-0.25, -0.2) is 17.5 Å². The quantitative estimate of drug-likeness (QED) is 0.387. The van der Waals surface area contributed by atoms with Crippen LogP contribution < -0.4 is 15.4 Å². The third-order valence-electron chi connectivity index (χ3n) is 7.07. The molecule has 41 heavy (non-hydrogen) atoms. The van der Waals surface area contributed by atoms with Gasteiger partial charge in [-0.15, -0.1) is 0 Å². The van der Waals surface area contributed by atoms with Crippen molar-refractivity contribution < 1.29 is 40.3 Å². The molecule has 2 aromatic carbocycles. The minimum Gasteiger partial charge on any atom is -0.484 e. The average Bonchev–Trinajstić information content (AvgIpc) is 3.38. The van der Waals surface area contributed by atoms with Gasteiger partial charge in [-0.05, 0) is 60.2 Å². The predicted molar refractivity (Wildman–Crippen MR) is 140 cm³/mol. The first kappa shape index (κ1) is 28.6. The van der Waals surface area contributed by atoms with Crippen molar-refractivity contribution in [2.45, 2.75) is 43.9 Å². The Balaban J connectivity index is 1.45. The minimum atomic E-state index is -4.47. The lowest BCUT2D eigenvalue weighted by atomic mass is 9.82. The first-order valence-electron chi connectivity index (χ1n) is 12.7. The van der Waals surface area contributed by atoms with Gasteiger partial charge in [-0.1, -0.05) is 18.2 Å². The maximum absolute atomic E-state index is 13.5. The van der Waals surface area contributed by atoms with Gasteiger partial charge in [-0.3, -0.25) is 9.59 Å². The normalized spacial score (nSPS) is 18.1. The SMILES string of the molecule is CS(=O)(=O)CC(=O)Nc1c2c(nn1CCc1ccc(F)cc1)C[C@@]1(CCc3cc(OCC(F)(F)F)ccc31)NC2=O. The Bertz CT molecular complexity index is 1620. The number of nitrogens with one attached hydrogen (secondary N) is 2. The summed E-state index contributed by atoms with van der Waals surface area (Å²) in [4.78, 5) is 26.1. The number of anilines is 1. The number of amides is 2. The van der Waals surface area contributed by atoms with Crippen LogP contribution >= 0.6 is 0 Å². The minimum absolute atomic E-state index is 0.0530. The molecule has 2 heterocycles. The molecule has 218 valence electrons. The number of sulfone groups is 1. The van der Waals surface area contributed by atoms with Gasteiger partial charge in [-0.2, -0.15) is 18.3 Å². The Labute approximate surface area is 232 Å². The number of halogens is 4. The van der Waals surface area contributed by atoms with Crippen LogP contribution in [0.25, 0.3) is 0 Å². The van der Waals surface area contributed by atoms with E-state index < -0.39 is 51.5 Å². The summed E-state index contributed by atoms with van der Waals surface area (Å²) in [7, 11) is -3.65. The van der Waals surface area contributed by atoms with Gasteiger partial charge in [0.1, 0.15) is 28.7 Å². The molecular formula is C27H26F4N4O5S. The number of fused-ring (bicyclic) bond motifs is 3. The number of hydrogen-bond donors (Lipinski definition) is 2. The van der Waals surface area contributed by atoms with E-state index in [9.17, 15) is 35.6 Å². The topological polar surface area (TPSA) is 119 Å². The van der Waals surface area contributed by atoms with Crippen molar-refractivity contribution in [2.75, 3.05) is 23.9 Å². The largest absolute Gasteiger partial charge is 0.484 e. The Morgan fingerprint density at radius 3 is 2.61 bits per heavy atom. The molecule has 0 unspecified atom stereocenters. The summed E-state index contributed by atoms with van der Waals surface area (Å²) < 4.78 is 80.8.